The second kappa shape index (κ2) is 5.96. The monoisotopic (exact) mass is 304 g/mol. The number of nitrogens with one attached hydrogen (secondary N) is 2. The van der Waals surface area contributed by atoms with Crippen LogP contribution < -0.4 is 10.6 Å². The first-order valence-electron chi connectivity index (χ1n) is 8.44. The van der Waals surface area contributed by atoms with E-state index in [-0.39, 0.29) is 5.91 Å². The highest BCUT2D eigenvalue weighted by molar-refractivity contribution is 5.92. The Morgan fingerprint density at radius 1 is 1.27 bits per heavy atom. The van der Waals surface area contributed by atoms with Gasteiger partial charge in [-0.15, -0.1) is 5.10 Å². The minimum atomic E-state index is 0.0337. The Balaban J connectivity index is 1.39. The van der Waals surface area contributed by atoms with Gasteiger partial charge in [0.05, 0.1) is 6.20 Å². The van der Waals surface area contributed by atoms with Gasteiger partial charge < -0.3 is 15.5 Å². The number of amides is 1. The van der Waals surface area contributed by atoms with Gasteiger partial charge in [-0.3, -0.25) is 9.48 Å². The Kier molecular flexibility index (Phi) is 3.83. The molecule has 4 heterocycles. The average molecular weight is 304 g/mol. The van der Waals surface area contributed by atoms with Crippen molar-refractivity contribution in [2.75, 3.05) is 26.2 Å². The van der Waals surface area contributed by atoms with Crippen LogP contribution in [-0.2, 0) is 6.54 Å². The van der Waals surface area contributed by atoms with Gasteiger partial charge in [0.25, 0.3) is 5.91 Å². The predicted octanol–water partition coefficient (Wildman–Crippen LogP) is -0.146. The lowest BCUT2D eigenvalue weighted by atomic mass is 10.00. The first kappa shape index (κ1) is 14.1. The summed E-state index contributed by atoms with van der Waals surface area (Å²) in [4.78, 5) is 14.5. The summed E-state index contributed by atoms with van der Waals surface area (Å²) in [6.45, 7) is 4.59. The molecule has 7 nitrogen and oxygen atoms in total. The Labute approximate surface area is 130 Å². The number of piperazine rings is 1. The van der Waals surface area contributed by atoms with Crippen molar-refractivity contribution in [2.45, 2.75) is 44.3 Å². The van der Waals surface area contributed by atoms with Gasteiger partial charge in [-0.25, -0.2) is 0 Å². The molecule has 4 rings (SSSR count). The number of aromatic nitrogens is 3. The molecular weight excluding hydrogens is 280 g/mol. The highest BCUT2D eigenvalue weighted by Gasteiger charge is 2.35. The molecule has 2 bridgehead atoms. The summed E-state index contributed by atoms with van der Waals surface area (Å²) in [5.74, 6) is 0.625. The Morgan fingerprint density at radius 2 is 2.09 bits per heavy atom. The zero-order valence-corrected chi connectivity index (χ0v) is 12.9. The Morgan fingerprint density at radius 3 is 2.82 bits per heavy atom. The number of hydrogen-bond donors (Lipinski definition) is 2. The van der Waals surface area contributed by atoms with Crippen LogP contribution in [0.5, 0.6) is 0 Å². The van der Waals surface area contributed by atoms with Gasteiger partial charge >= 0.3 is 0 Å². The lowest BCUT2D eigenvalue weighted by Crippen LogP contribution is -2.53. The summed E-state index contributed by atoms with van der Waals surface area (Å²) < 4.78 is 1.84. The molecule has 3 aliphatic heterocycles. The van der Waals surface area contributed by atoms with Crippen LogP contribution in [0.15, 0.2) is 6.20 Å². The van der Waals surface area contributed by atoms with E-state index < -0.39 is 0 Å². The number of likely N-dealkylation sites (tertiary alicyclic amines) is 1. The normalized spacial score (nSPS) is 31.5. The highest BCUT2D eigenvalue weighted by atomic mass is 16.2. The minimum absolute atomic E-state index is 0.0337. The van der Waals surface area contributed by atoms with Crippen molar-refractivity contribution in [1.82, 2.24) is 30.5 Å². The van der Waals surface area contributed by atoms with E-state index in [1.807, 2.05) is 15.8 Å². The van der Waals surface area contributed by atoms with Crippen LogP contribution in [0.2, 0.25) is 0 Å². The molecule has 22 heavy (non-hydrogen) atoms. The van der Waals surface area contributed by atoms with Crippen molar-refractivity contribution in [3.8, 4) is 0 Å². The van der Waals surface area contributed by atoms with Crippen molar-refractivity contribution < 1.29 is 4.79 Å². The van der Waals surface area contributed by atoms with E-state index in [9.17, 15) is 4.79 Å². The summed E-state index contributed by atoms with van der Waals surface area (Å²) in [5.41, 5.74) is 0.491. The predicted molar refractivity (Wildman–Crippen MR) is 81.5 cm³/mol. The molecule has 0 saturated carbocycles. The standard InChI is InChI=1S/C15H24N6O/c22-15(20-8-12-3-4-13(9-20)17-12)14-10-21(19-18-14)7-11-2-1-5-16-6-11/h10-13,16-17H,1-9H2/t11?,12-,13+. The zero-order chi connectivity index (χ0) is 14.9. The third-order valence-electron chi connectivity index (χ3n) is 5.11. The molecule has 3 fully saturated rings. The fraction of sp³-hybridized carbons (Fsp3) is 0.800. The summed E-state index contributed by atoms with van der Waals surface area (Å²) in [7, 11) is 0. The third kappa shape index (κ3) is 2.87. The van der Waals surface area contributed by atoms with Crippen LogP contribution in [0.4, 0.5) is 0 Å². The topological polar surface area (TPSA) is 75.1 Å². The molecule has 120 valence electrons. The van der Waals surface area contributed by atoms with E-state index in [2.05, 4.69) is 20.9 Å². The number of fused-ring (bicyclic) bond motifs is 2. The lowest BCUT2D eigenvalue weighted by Gasteiger charge is -2.32. The van der Waals surface area contributed by atoms with Crippen molar-refractivity contribution >= 4 is 5.91 Å². The number of carbonyl (C=O) groups is 1. The van der Waals surface area contributed by atoms with E-state index in [0.29, 0.717) is 23.7 Å². The maximum absolute atomic E-state index is 12.6. The van der Waals surface area contributed by atoms with E-state index in [4.69, 9.17) is 0 Å². The molecule has 0 radical (unpaired) electrons. The van der Waals surface area contributed by atoms with Gasteiger partial charge in [0, 0.05) is 31.7 Å². The number of carbonyl (C=O) groups excluding carboxylic acids is 1. The lowest BCUT2D eigenvalue weighted by molar-refractivity contribution is 0.0691. The van der Waals surface area contributed by atoms with Gasteiger partial charge in [0.1, 0.15) is 0 Å². The average Bonchev–Trinajstić information content (AvgIpc) is 3.14. The van der Waals surface area contributed by atoms with Gasteiger partial charge in [-0.1, -0.05) is 5.21 Å². The quantitative estimate of drug-likeness (QED) is 0.812. The maximum atomic E-state index is 12.6. The minimum Gasteiger partial charge on any atom is -0.334 e. The molecule has 3 atom stereocenters. The smallest absolute Gasteiger partial charge is 0.276 e. The molecule has 3 saturated heterocycles. The molecule has 1 aromatic heterocycles. The van der Waals surface area contributed by atoms with Crippen LogP contribution in [0.3, 0.4) is 0 Å². The van der Waals surface area contributed by atoms with Gasteiger partial charge in [0.15, 0.2) is 5.69 Å². The molecule has 1 unspecified atom stereocenters. The summed E-state index contributed by atoms with van der Waals surface area (Å²) in [5, 5.41) is 15.2. The summed E-state index contributed by atoms with van der Waals surface area (Å²) >= 11 is 0. The molecular formula is C15H24N6O. The fourth-order valence-corrected chi connectivity index (χ4v) is 3.95. The third-order valence-corrected chi connectivity index (χ3v) is 5.11. The molecule has 0 aromatic carbocycles. The van der Waals surface area contributed by atoms with Crippen LogP contribution >= 0.6 is 0 Å². The molecule has 0 spiro atoms. The largest absolute Gasteiger partial charge is 0.334 e. The SMILES string of the molecule is O=C(c1cn(CC2CCCNC2)nn1)N1C[C@H]2CC[C@@H](C1)N2. The first-order chi connectivity index (χ1) is 10.8. The van der Waals surface area contributed by atoms with E-state index in [0.717, 1.165) is 32.7 Å². The zero-order valence-electron chi connectivity index (χ0n) is 12.9. The van der Waals surface area contributed by atoms with Gasteiger partial charge in [0.2, 0.25) is 0 Å². The van der Waals surface area contributed by atoms with Gasteiger partial charge in [-0.05, 0) is 44.7 Å². The number of nitrogens with zero attached hydrogens (tertiary/aromatic N) is 4. The van der Waals surface area contributed by atoms with Crippen LogP contribution in [0, 0.1) is 5.92 Å². The van der Waals surface area contributed by atoms with Crippen molar-refractivity contribution in [2.24, 2.45) is 5.92 Å². The van der Waals surface area contributed by atoms with E-state index in [1.165, 1.54) is 25.7 Å². The molecule has 1 aromatic rings. The van der Waals surface area contributed by atoms with Crippen molar-refractivity contribution in [3.63, 3.8) is 0 Å². The fourth-order valence-electron chi connectivity index (χ4n) is 3.95. The number of rotatable bonds is 3. The number of piperidine rings is 1. The van der Waals surface area contributed by atoms with Crippen molar-refractivity contribution in [1.29, 1.82) is 0 Å². The van der Waals surface area contributed by atoms with E-state index >= 15 is 0 Å². The molecule has 1 amide bonds. The first-order valence-corrected chi connectivity index (χ1v) is 8.44. The Hall–Kier alpha value is -1.47. The second-order valence-corrected chi connectivity index (χ2v) is 6.89. The van der Waals surface area contributed by atoms with Crippen LogP contribution in [0.1, 0.15) is 36.2 Å². The molecule has 7 heteroatoms. The van der Waals surface area contributed by atoms with Crippen molar-refractivity contribution in [3.05, 3.63) is 11.9 Å². The molecule has 3 aliphatic rings. The van der Waals surface area contributed by atoms with Crippen LogP contribution in [0.25, 0.3) is 0 Å². The Bertz CT molecular complexity index is 526. The number of hydrogen-bond acceptors (Lipinski definition) is 5. The highest BCUT2D eigenvalue weighted by Crippen LogP contribution is 2.21. The molecule has 2 N–H and O–H groups in total. The summed E-state index contributed by atoms with van der Waals surface area (Å²) in [6, 6.07) is 0.928. The summed E-state index contributed by atoms with van der Waals surface area (Å²) in [6.07, 6.45) is 6.61. The molecule has 0 aliphatic carbocycles. The van der Waals surface area contributed by atoms with Gasteiger partial charge in [-0.2, -0.15) is 0 Å². The van der Waals surface area contributed by atoms with E-state index in [1.54, 1.807) is 0 Å². The second-order valence-electron chi connectivity index (χ2n) is 6.89. The van der Waals surface area contributed by atoms with Crippen LogP contribution in [-0.4, -0.2) is 64.1 Å². The maximum Gasteiger partial charge on any atom is 0.276 e.